The van der Waals surface area contributed by atoms with E-state index in [1.165, 1.54) is 35.0 Å². The van der Waals surface area contributed by atoms with Crippen LogP contribution in [0.15, 0.2) is 53.7 Å². The molecule has 0 saturated heterocycles. The number of aromatic hydroxyl groups is 1. The van der Waals surface area contributed by atoms with E-state index in [-0.39, 0.29) is 17.3 Å². The lowest BCUT2D eigenvalue weighted by atomic mass is 10.1. The fourth-order valence-corrected chi connectivity index (χ4v) is 2.69. The van der Waals surface area contributed by atoms with Crippen LogP contribution in [0.5, 0.6) is 5.75 Å². The molecule has 1 aromatic heterocycles. The fourth-order valence-electron chi connectivity index (χ4n) is 1.90. The summed E-state index contributed by atoms with van der Waals surface area (Å²) in [5.74, 6) is -0.441. The zero-order chi connectivity index (χ0) is 16.2. The molecule has 23 heavy (non-hydrogen) atoms. The molecule has 0 atom stereocenters. The van der Waals surface area contributed by atoms with Crippen molar-refractivity contribution in [3.05, 3.63) is 59.9 Å². The van der Waals surface area contributed by atoms with Gasteiger partial charge in [-0.05, 0) is 46.8 Å². The number of aromatic nitrogens is 4. The SMILES string of the molecule is O=C(CSc1nnnn1-c1ccc(O)cc1)c1cccc(F)c1. The van der Waals surface area contributed by atoms with Crippen LogP contribution in [0.4, 0.5) is 4.39 Å². The summed E-state index contributed by atoms with van der Waals surface area (Å²) in [4.78, 5) is 12.1. The average Bonchev–Trinajstić information content (AvgIpc) is 3.02. The number of nitrogens with zero attached hydrogens (tertiary/aromatic N) is 4. The molecule has 0 unspecified atom stereocenters. The maximum absolute atomic E-state index is 13.1. The highest BCUT2D eigenvalue weighted by atomic mass is 32.2. The number of carbonyl (C=O) groups excluding carboxylic acids is 1. The average molecular weight is 330 g/mol. The lowest BCUT2D eigenvalue weighted by Gasteiger charge is -2.04. The summed E-state index contributed by atoms with van der Waals surface area (Å²) in [6.07, 6.45) is 0. The van der Waals surface area contributed by atoms with Crippen molar-refractivity contribution in [1.82, 2.24) is 20.2 Å². The monoisotopic (exact) mass is 330 g/mol. The van der Waals surface area contributed by atoms with E-state index < -0.39 is 5.82 Å². The Morgan fingerprint density at radius 2 is 2.00 bits per heavy atom. The summed E-state index contributed by atoms with van der Waals surface area (Å²) in [7, 11) is 0. The highest BCUT2D eigenvalue weighted by molar-refractivity contribution is 7.99. The van der Waals surface area contributed by atoms with E-state index in [0.29, 0.717) is 16.4 Å². The van der Waals surface area contributed by atoms with Gasteiger partial charge in [-0.3, -0.25) is 4.79 Å². The maximum atomic E-state index is 13.1. The van der Waals surface area contributed by atoms with E-state index in [1.807, 2.05) is 0 Å². The Kier molecular flexibility index (Phi) is 4.33. The number of carbonyl (C=O) groups is 1. The van der Waals surface area contributed by atoms with Crippen molar-refractivity contribution >= 4 is 17.5 Å². The maximum Gasteiger partial charge on any atom is 0.214 e. The van der Waals surface area contributed by atoms with Gasteiger partial charge in [0.1, 0.15) is 11.6 Å². The molecule has 6 nitrogen and oxygen atoms in total. The number of tetrazole rings is 1. The van der Waals surface area contributed by atoms with Crippen molar-refractivity contribution in [2.75, 3.05) is 5.75 Å². The first-order chi connectivity index (χ1) is 11.1. The van der Waals surface area contributed by atoms with Crippen LogP contribution in [-0.2, 0) is 0 Å². The van der Waals surface area contributed by atoms with Gasteiger partial charge in [-0.1, -0.05) is 23.9 Å². The predicted molar refractivity (Wildman–Crippen MR) is 82.3 cm³/mol. The summed E-state index contributed by atoms with van der Waals surface area (Å²) in [6.45, 7) is 0. The summed E-state index contributed by atoms with van der Waals surface area (Å²) >= 11 is 1.15. The van der Waals surface area contributed by atoms with Crippen molar-refractivity contribution in [2.24, 2.45) is 0 Å². The van der Waals surface area contributed by atoms with Crippen LogP contribution in [0.3, 0.4) is 0 Å². The molecule has 1 heterocycles. The lowest BCUT2D eigenvalue weighted by molar-refractivity contribution is 0.102. The number of benzene rings is 2. The van der Waals surface area contributed by atoms with E-state index in [4.69, 9.17) is 0 Å². The van der Waals surface area contributed by atoms with Gasteiger partial charge in [0.25, 0.3) is 0 Å². The van der Waals surface area contributed by atoms with Gasteiger partial charge in [-0.2, -0.15) is 4.68 Å². The van der Waals surface area contributed by atoms with Crippen LogP contribution in [0, 0.1) is 5.82 Å². The quantitative estimate of drug-likeness (QED) is 0.572. The number of phenolic OH excluding ortho intramolecular Hbond substituents is 1. The molecule has 3 rings (SSSR count). The van der Waals surface area contributed by atoms with Crippen molar-refractivity contribution in [3.8, 4) is 11.4 Å². The molecule has 0 fully saturated rings. The van der Waals surface area contributed by atoms with Crippen molar-refractivity contribution in [1.29, 1.82) is 0 Å². The smallest absolute Gasteiger partial charge is 0.214 e. The van der Waals surface area contributed by atoms with Gasteiger partial charge in [0.2, 0.25) is 5.16 Å². The number of ketones is 1. The largest absolute Gasteiger partial charge is 0.508 e. The lowest BCUT2D eigenvalue weighted by Crippen LogP contribution is -2.05. The first-order valence-corrected chi connectivity index (χ1v) is 7.61. The molecule has 0 aliphatic heterocycles. The van der Waals surface area contributed by atoms with Crippen LogP contribution in [0.1, 0.15) is 10.4 Å². The Morgan fingerprint density at radius 1 is 1.22 bits per heavy atom. The highest BCUT2D eigenvalue weighted by Crippen LogP contribution is 2.21. The first-order valence-electron chi connectivity index (χ1n) is 6.63. The number of thioether (sulfide) groups is 1. The van der Waals surface area contributed by atoms with Crippen LogP contribution in [-0.4, -0.2) is 36.8 Å². The Bertz CT molecular complexity index is 836. The predicted octanol–water partition coefficient (Wildman–Crippen LogP) is 2.48. The van der Waals surface area contributed by atoms with E-state index in [0.717, 1.165) is 11.8 Å². The van der Waals surface area contributed by atoms with Gasteiger partial charge in [-0.25, -0.2) is 4.39 Å². The summed E-state index contributed by atoms with van der Waals surface area (Å²) in [5, 5.41) is 21.1. The zero-order valence-electron chi connectivity index (χ0n) is 11.8. The van der Waals surface area contributed by atoms with Crippen LogP contribution >= 0.6 is 11.8 Å². The Balaban J connectivity index is 1.73. The third kappa shape index (κ3) is 3.54. The first kappa shape index (κ1) is 15.2. The Morgan fingerprint density at radius 3 is 2.74 bits per heavy atom. The van der Waals surface area contributed by atoms with E-state index >= 15 is 0 Å². The second-order valence-corrected chi connectivity index (χ2v) is 5.55. The van der Waals surface area contributed by atoms with Gasteiger partial charge in [0.05, 0.1) is 11.4 Å². The van der Waals surface area contributed by atoms with Gasteiger partial charge >= 0.3 is 0 Å². The minimum atomic E-state index is -0.449. The fraction of sp³-hybridized carbons (Fsp3) is 0.0667. The minimum absolute atomic E-state index is 0.0852. The molecule has 2 aromatic carbocycles. The summed E-state index contributed by atoms with van der Waals surface area (Å²) in [6, 6.07) is 11.9. The third-order valence-corrected chi connectivity index (χ3v) is 3.93. The zero-order valence-corrected chi connectivity index (χ0v) is 12.6. The third-order valence-electron chi connectivity index (χ3n) is 3.01. The molecule has 0 aliphatic rings. The second kappa shape index (κ2) is 6.57. The molecule has 0 saturated carbocycles. The van der Waals surface area contributed by atoms with E-state index in [2.05, 4.69) is 15.5 Å². The Labute approximate surface area is 135 Å². The topological polar surface area (TPSA) is 80.9 Å². The minimum Gasteiger partial charge on any atom is -0.508 e. The summed E-state index contributed by atoms with van der Waals surface area (Å²) < 4.78 is 14.6. The van der Waals surface area contributed by atoms with Gasteiger partial charge in [0.15, 0.2) is 5.78 Å². The van der Waals surface area contributed by atoms with E-state index in [1.54, 1.807) is 18.2 Å². The molecule has 1 N–H and O–H groups in total. The highest BCUT2D eigenvalue weighted by Gasteiger charge is 2.13. The molecule has 8 heteroatoms. The molecular formula is C15H11FN4O2S. The molecule has 3 aromatic rings. The molecule has 0 bridgehead atoms. The van der Waals surface area contributed by atoms with Crippen molar-refractivity contribution < 1.29 is 14.3 Å². The summed E-state index contributed by atoms with van der Waals surface area (Å²) in [5.41, 5.74) is 0.967. The van der Waals surface area contributed by atoms with Crippen LogP contribution in [0.25, 0.3) is 5.69 Å². The normalized spacial score (nSPS) is 10.7. The number of hydrogen-bond donors (Lipinski definition) is 1. The molecule has 116 valence electrons. The number of phenols is 1. The molecular weight excluding hydrogens is 319 g/mol. The molecule has 0 spiro atoms. The van der Waals surface area contributed by atoms with Crippen LogP contribution < -0.4 is 0 Å². The number of hydrogen-bond acceptors (Lipinski definition) is 6. The molecule has 0 radical (unpaired) electrons. The van der Waals surface area contributed by atoms with Crippen molar-refractivity contribution in [2.45, 2.75) is 5.16 Å². The standard InChI is InChI=1S/C15H11FN4O2S/c16-11-3-1-2-10(8-11)14(22)9-23-15-17-18-19-20(15)12-4-6-13(21)7-5-12/h1-8,21H,9H2. The molecule has 0 aliphatic carbocycles. The number of Topliss-reactive ketones (excluding diaryl/α,β-unsaturated/α-hetero) is 1. The molecule has 0 amide bonds. The van der Waals surface area contributed by atoms with Gasteiger partial charge in [-0.15, -0.1) is 5.10 Å². The second-order valence-electron chi connectivity index (χ2n) is 4.61. The van der Waals surface area contributed by atoms with Gasteiger partial charge in [0, 0.05) is 5.56 Å². The number of halogens is 1. The van der Waals surface area contributed by atoms with E-state index in [9.17, 15) is 14.3 Å². The Hall–Kier alpha value is -2.74. The number of rotatable bonds is 5. The van der Waals surface area contributed by atoms with Gasteiger partial charge < -0.3 is 5.11 Å². The van der Waals surface area contributed by atoms with Crippen molar-refractivity contribution in [3.63, 3.8) is 0 Å². The van der Waals surface area contributed by atoms with Crippen LogP contribution in [0.2, 0.25) is 0 Å².